The highest BCUT2D eigenvalue weighted by molar-refractivity contribution is 14.3. The van der Waals surface area contributed by atoms with E-state index in [-0.39, 0.29) is 4.41 Å². The molecule has 1 atom stereocenters. The van der Waals surface area contributed by atoms with Crippen molar-refractivity contribution in [1.29, 1.82) is 0 Å². The summed E-state index contributed by atoms with van der Waals surface area (Å²) in [5.41, 5.74) is 1.35. The molecule has 0 spiro atoms. The molecule has 0 amide bonds. The fourth-order valence-electron chi connectivity index (χ4n) is 1.31. The van der Waals surface area contributed by atoms with Crippen molar-refractivity contribution >= 4 is 272 Å². The van der Waals surface area contributed by atoms with Crippen molar-refractivity contribution in [2.45, 2.75) is 4.41 Å². The van der Waals surface area contributed by atoms with Crippen LogP contribution in [-0.2, 0) is 3.55 Å². The van der Waals surface area contributed by atoms with Gasteiger partial charge in [0.15, 0.2) is -0.565 Å². The van der Waals surface area contributed by atoms with E-state index in [0.717, 1.165) is 7.40 Å². The van der Waals surface area contributed by atoms with Crippen LogP contribution in [0.3, 0.4) is 0 Å². The molecule has 0 aliphatic rings. The molecule has 1 rings (SSSR count). The molecule has 2 nitrogen and oxygen atoms in total. The molecule has 22 heavy (non-hydrogen) atoms. The monoisotopic (exact) mass is 1650 g/mol. The van der Waals surface area contributed by atoms with Crippen molar-refractivity contribution in [1.82, 2.24) is 6.31 Å². The summed E-state index contributed by atoms with van der Waals surface area (Å²) in [6.45, 7) is 0. The third kappa shape index (κ3) is 6.01. The summed E-state index contributed by atoms with van der Waals surface area (Å²) in [4.78, 5) is 4.67. The van der Waals surface area contributed by atoms with Gasteiger partial charge in [0.2, 0.25) is 0 Å². The van der Waals surface area contributed by atoms with E-state index in [4.69, 9.17) is 0 Å². The van der Waals surface area contributed by atoms with Crippen molar-refractivity contribution in [2.75, 3.05) is 0 Å². The number of hydrogen-bond acceptors (Lipinski definition) is 2. The summed E-state index contributed by atoms with van der Waals surface area (Å²) in [6, 6.07) is 0. The van der Waals surface area contributed by atoms with Crippen LogP contribution in [0.2, 0.25) is 0 Å². The Kier molecular flexibility index (Phi) is 14.1. The molecule has 0 radical (unpaired) electrons. The highest BCUT2D eigenvalue weighted by Crippen LogP contribution is 2.68. The smallest absolute Gasteiger partial charge is 0.150 e. The Morgan fingerprint density at radius 1 is 0.727 bits per heavy atom. The van der Waals surface area contributed by atoms with Crippen molar-refractivity contribution in [3.05, 3.63) is 20.1 Å². The predicted molar refractivity (Wildman–Crippen MR) is 196 cm³/mol. The van der Waals surface area contributed by atoms with Crippen molar-refractivity contribution in [3.63, 3.8) is 0 Å². The van der Waals surface area contributed by atoms with Crippen LogP contribution in [0.5, 0.6) is 0 Å². The second kappa shape index (κ2) is 11.1. The number of nitrogens with zero attached hydrogens (tertiary/aromatic N) is 2. The van der Waals surface area contributed by atoms with Gasteiger partial charge in [0.1, 0.15) is 12.4 Å². The Hall–Kier alpha value is 7.87. The Labute approximate surface area is 293 Å². The summed E-state index contributed by atoms with van der Waals surface area (Å²) < 4.78 is 6.66. The SMILES string of the molecule is Ic1nc(I)c(I)c(C(I)(N(I)I)C(I)(I)C(I)(I)I)c1I. The van der Waals surface area contributed by atoms with Gasteiger partial charge in [0.05, 0.1) is 7.14 Å². The largest absolute Gasteiger partial charge is 0.234 e. The summed E-state index contributed by atoms with van der Waals surface area (Å²) in [5.74, 6) is 0. The van der Waals surface area contributed by atoms with E-state index in [1.807, 2.05) is 0 Å². The molecule has 126 valence electrons. The minimum Gasteiger partial charge on any atom is -0.234 e. The standard InChI is InChI=1S/C8I12N2/c9-2-1(3(10)5(12)21-4(2)11)6(13,22(19)20)7(14,15)8(16,17)18. The molecule has 1 aromatic rings. The van der Waals surface area contributed by atoms with E-state index in [1.165, 1.54) is 12.7 Å². The van der Waals surface area contributed by atoms with Gasteiger partial charge in [-0.05, 0) is 90.4 Å². The van der Waals surface area contributed by atoms with Crippen LogP contribution in [0.25, 0.3) is 0 Å². The lowest BCUT2D eigenvalue weighted by Crippen LogP contribution is -2.51. The van der Waals surface area contributed by atoms with Crippen LogP contribution < -0.4 is 0 Å². The third-order valence-electron chi connectivity index (χ3n) is 2.33. The number of pyridine rings is 1. The van der Waals surface area contributed by atoms with Gasteiger partial charge < -0.3 is 0 Å². The molecule has 0 aliphatic heterocycles. The molecule has 14 heteroatoms. The van der Waals surface area contributed by atoms with E-state index in [9.17, 15) is 0 Å². The van der Waals surface area contributed by atoms with Gasteiger partial charge in [-0.2, -0.15) is 1.33 Å². The van der Waals surface area contributed by atoms with Gasteiger partial charge in [-0.15, -0.1) is 0 Å². The second-order valence-electron chi connectivity index (χ2n) is 3.62. The number of hydrogen-bond donors (Lipinski definition) is 0. The fourth-order valence-corrected chi connectivity index (χ4v) is 13.6. The molecule has 0 N–H and O–H groups in total. The Bertz CT molecular complexity index is 555. The average molecular weight is 1650 g/mol. The van der Waals surface area contributed by atoms with Crippen LogP contribution in [0.4, 0.5) is 0 Å². The lowest BCUT2D eigenvalue weighted by molar-refractivity contribution is 0.546. The first-order valence-corrected chi connectivity index (χ1v) is 17.4. The summed E-state index contributed by atoms with van der Waals surface area (Å²) in [6.07, 6.45) is 0. The van der Waals surface area contributed by atoms with Crippen LogP contribution in [-0.4, -0.2) is 7.17 Å². The highest BCUT2D eigenvalue weighted by Gasteiger charge is 2.62. The molecule has 0 saturated carbocycles. The highest BCUT2D eigenvalue weighted by atomic mass is 127. The zero-order valence-corrected chi connectivity index (χ0v) is 35.3. The summed E-state index contributed by atoms with van der Waals surface area (Å²) in [5, 5.41) is 0. The molecular weight excluding hydrogens is 1650 g/mol. The van der Waals surface area contributed by atoms with E-state index < -0.39 is 0 Å². The van der Waals surface area contributed by atoms with E-state index >= 15 is 0 Å². The van der Waals surface area contributed by atoms with Crippen molar-refractivity contribution in [2.24, 2.45) is 0 Å². The molecule has 1 aromatic heterocycles. The van der Waals surface area contributed by atoms with Gasteiger partial charge in [-0.1, -0.05) is 136 Å². The number of aromatic nitrogens is 1. The van der Waals surface area contributed by atoms with Gasteiger partial charge in [-0.3, -0.25) is 0 Å². The molecule has 0 fully saturated rings. The number of rotatable bonds is 4. The minimum atomic E-state index is -0.202. The first-order valence-electron chi connectivity index (χ1n) is 4.65. The van der Waals surface area contributed by atoms with Crippen LogP contribution in [0, 0.1) is 14.5 Å². The normalized spacial score (nSPS) is 16.0. The van der Waals surface area contributed by atoms with Crippen LogP contribution >= 0.6 is 272 Å². The molecule has 0 aliphatic carbocycles. The zero-order chi connectivity index (χ0) is 17.7. The zero-order valence-electron chi connectivity index (χ0n) is 9.43. The molecular formula is C8I12N2. The average Bonchev–Trinajstić information content (AvgIpc) is 2.34. The van der Waals surface area contributed by atoms with Crippen LogP contribution in [0.1, 0.15) is 5.56 Å². The predicted octanol–water partition coefficient (Wildman–Crippen LogP) is 9.61. The lowest BCUT2D eigenvalue weighted by Gasteiger charge is -2.47. The molecule has 0 bridgehead atoms. The first-order chi connectivity index (χ1) is 9.69. The molecule has 0 saturated heterocycles. The van der Waals surface area contributed by atoms with Crippen LogP contribution in [0.15, 0.2) is 0 Å². The van der Waals surface area contributed by atoms with Crippen molar-refractivity contribution < 1.29 is 0 Å². The first kappa shape index (κ1) is 27.9. The van der Waals surface area contributed by atoms with E-state index in [1.54, 1.807) is 0 Å². The Balaban J connectivity index is 3.88. The van der Waals surface area contributed by atoms with E-state index in [2.05, 4.69) is 278 Å². The quantitative estimate of drug-likeness (QED) is 0.0983. The fraction of sp³-hybridized carbons (Fsp3) is 0.375. The maximum Gasteiger partial charge on any atom is 0.150 e. The van der Waals surface area contributed by atoms with Gasteiger partial charge >= 0.3 is 0 Å². The lowest BCUT2D eigenvalue weighted by atomic mass is 10.1. The maximum atomic E-state index is 4.67. The summed E-state index contributed by atoms with van der Waals surface area (Å²) >= 11 is 29.8. The second-order valence-corrected chi connectivity index (χ2v) is 29.5. The molecule has 0 aromatic carbocycles. The number of halogens is 12. The topological polar surface area (TPSA) is 16.1 Å². The van der Waals surface area contributed by atoms with Gasteiger partial charge in [-0.25, -0.2) is 4.98 Å². The van der Waals surface area contributed by atoms with Gasteiger partial charge in [0, 0.05) is 51.3 Å². The van der Waals surface area contributed by atoms with Gasteiger partial charge in [0.25, 0.3) is 0 Å². The summed E-state index contributed by atoms with van der Waals surface area (Å²) in [7, 11) is 0. The van der Waals surface area contributed by atoms with Crippen molar-refractivity contribution in [3.8, 4) is 0 Å². The molecule has 1 unspecified atom stereocenters. The third-order valence-corrected chi connectivity index (χ3v) is 27.0. The minimum absolute atomic E-state index is 0.0312. The number of alkyl halides is 6. The molecule has 1 heterocycles. The van der Waals surface area contributed by atoms with E-state index in [0.29, 0.717) is 0 Å². The Morgan fingerprint density at radius 2 is 1.09 bits per heavy atom. The maximum absolute atomic E-state index is 4.67. The Morgan fingerprint density at radius 3 is 1.36 bits per heavy atom.